The number of hydrogen-bond donors (Lipinski definition) is 2. The smallest absolute Gasteiger partial charge is 0.0759 e. The van der Waals surface area contributed by atoms with Gasteiger partial charge in [-0.05, 0) is 32.0 Å². The quantitative estimate of drug-likeness (QED) is 0.570. The molecule has 1 unspecified atom stereocenters. The van der Waals surface area contributed by atoms with Gasteiger partial charge in [0.05, 0.1) is 6.10 Å². The molecule has 0 heterocycles. The molecule has 0 spiro atoms. The highest BCUT2D eigenvalue weighted by molar-refractivity contribution is 5.01. The normalized spacial score (nSPS) is 13.0. The highest BCUT2D eigenvalue weighted by atomic mass is 16.3. The third-order valence-corrected chi connectivity index (χ3v) is 1.71. The van der Waals surface area contributed by atoms with E-state index in [9.17, 15) is 5.11 Å². The molecule has 0 aliphatic heterocycles. The average molecular weight is 157 g/mol. The van der Waals surface area contributed by atoms with E-state index in [1.54, 1.807) is 0 Å². The molecule has 0 aromatic carbocycles. The molecule has 0 aromatic heterocycles. The van der Waals surface area contributed by atoms with E-state index >= 15 is 0 Å². The molecule has 0 aromatic rings. The molecule has 0 rings (SSSR count). The lowest BCUT2D eigenvalue weighted by Crippen LogP contribution is -2.18. The third kappa shape index (κ3) is 4.99. The maximum Gasteiger partial charge on any atom is 0.0759 e. The maximum absolute atomic E-state index is 9.44. The Balaban J connectivity index is 3.46. The van der Waals surface area contributed by atoms with Crippen LogP contribution in [-0.4, -0.2) is 24.8 Å². The number of aliphatic hydroxyl groups excluding tert-OH is 1. The van der Waals surface area contributed by atoms with Gasteiger partial charge in [0.1, 0.15) is 0 Å². The molecule has 2 N–H and O–H groups in total. The highest BCUT2D eigenvalue weighted by Gasteiger charge is 2.05. The Kier molecular flexibility index (Phi) is 6.18. The first-order valence-electron chi connectivity index (χ1n) is 4.22. The summed E-state index contributed by atoms with van der Waals surface area (Å²) in [5.41, 5.74) is 0.961. The molecule has 2 nitrogen and oxygen atoms in total. The van der Waals surface area contributed by atoms with Crippen LogP contribution in [0.3, 0.4) is 0 Å². The lowest BCUT2D eigenvalue weighted by molar-refractivity contribution is 0.196. The summed E-state index contributed by atoms with van der Waals surface area (Å²) < 4.78 is 0. The van der Waals surface area contributed by atoms with Crippen LogP contribution >= 0.6 is 0 Å². The molecule has 0 saturated carbocycles. The monoisotopic (exact) mass is 157 g/mol. The Labute approximate surface area is 69.3 Å². The second-order valence-electron chi connectivity index (χ2n) is 2.82. The largest absolute Gasteiger partial charge is 0.389 e. The van der Waals surface area contributed by atoms with E-state index in [4.69, 9.17) is 0 Å². The molecule has 0 amide bonds. The fraction of sp³-hybridized carbons (Fsp3) is 0.778. The first-order chi connectivity index (χ1) is 5.22. The Morgan fingerprint density at radius 2 is 2.27 bits per heavy atom. The zero-order valence-electron chi connectivity index (χ0n) is 7.56. The third-order valence-electron chi connectivity index (χ3n) is 1.71. The van der Waals surface area contributed by atoms with Crippen LogP contribution in [0.4, 0.5) is 0 Å². The van der Waals surface area contributed by atoms with Crippen molar-refractivity contribution in [1.29, 1.82) is 0 Å². The van der Waals surface area contributed by atoms with E-state index in [2.05, 4.69) is 18.8 Å². The minimum absolute atomic E-state index is 0.317. The minimum Gasteiger partial charge on any atom is -0.389 e. The van der Waals surface area contributed by atoms with Crippen molar-refractivity contribution >= 4 is 0 Å². The van der Waals surface area contributed by atoms with Crippen LogP contribution in [0.2, 0.25) is 0 Å². The van der Waals surface area contributed by atoms with Crippen molar-refractivity contribution in [2.45, 2.75) is 32.3 Å². The molecule has 0 aliphatic rings. The van der Waals surface area contributed by atoms with Gasteiger partial charge in [0, 0.05) is 0 Å². The van der Waals surface area contributed by atoms with E-state index < -0.39 is 0 Å². The van der Waals surface area contributed by atoms with Gasteiger partial charge in [-0.2, -0.15) is 0 Å². The zero-order chi connectivity index (χ0) is 8.69. The Hall–Kier alpha value is -0.340. The lowest BCUT2D eigenvalue weighted by Gasteiger charge is -2.12. The number of hydrogen-bond acceptors (Lipinski definition) is 2. The summed E-state index contributed by atoms with van der Waals surface area (Å²) in [7, 11) is 1.88. The van der Waals surface area contributed by atoms with Crippen molar-refractivity contribution in [2.75, 3.05) is 13.6 Å². The molecule has 0 bridgehead atoms. The van der Waals surface area contributed by atoms with Gasteiger partial charge in [0.2, 0.25) is 0 Å². The predicted octanol–water partition coefficient (Wildman–Crippen LogP) is 1.31. The van der Waals surface area contributed by atoms with Crippen molar-refractivity contribution in [3.8, 4) is 0 Å². The van der Waals surface area contributed by atoms with Crippen LogP contribution in [0.1, 0.15) is 26.2 Å². The van der Waals surface area contributed by atoms with Crippen LogP contribution in [0.5, 0.6) is 0 Å². The Bertz CT molecular complexity index is 112. The second kappa shape index (κ2) is 6.38. The van der Waals surface area contributed by atoms with Crippen LogP contribution < -0.4 is 5.32 Å². The topological polar surface area (TPSA) is 32.3 Å². The Morgan fingerprint density at radius 1 is 1.64 bits per heavy atom. The molecule has 66 valence electrons. The highest BCUT2D eigenvalue weighted by Crippen LogP contribution is 2.09. The second-order valence-corrected chi connectivity index (χ2v) is 2.82. The first kappa shape index (κ1) is 10.7. The van der Waals surface area contributed by atoms with Crippen LogP contribution in [0.15, 0.2) is 12.2 Å². The number of nitrogens with one attached hydrogen (secondary N) is 1. The van der Waals surface area contributed by atoms with Gasteiger partial charge in [-0.15, -0.1) is 0 Å². The van der Waals surface area contributed by atoms with Gasteiger partial charge in [-0.3, -0.25) is 0 Å². The maximum atomic E-state index is 9.44. The zero-order valence-corrected chi connectivity index (χ0v) is 7.56. The minimum atomic E-state index is -0.317. The summed E-state index contributed by atoms with van der Waals surface area (Å²) >= 11 is 0. The van der Waals surface area contributed by atoms with Crippen molar-refractivity contribution < 1.29 is 5.11 Å². The van der Waals surface area contributed by atoms with Crippen molar-refractivity contribution in [3.63, 3.8) is 0 Å². The Morgan fingerprint density at radius 3 is 2.73 bits per heavy atom. The molecular weight excluding hydrogens is 138 g/mol. The van der Waals surface area contributed by atoms with Crippen LogP contribution in [0, 0.1) is 0 Å². The fourth-order valence-corrected chi connectivity index (χ4v) is 0.973. The fourth-order valence-electron chi connectivity index (χ4n) is 0.973. The van der Waals surface area contributed by atoms with Crippen LogP contribution in [0.25, 0.3) is 0 Å². The molecular formula is C9H19NO. The van der Waals surface area contributed by atoms with Gasteiger partial charge in [0.25, 0.3) is 0 Å². The standard InChI is InChI=1S/C9H19NO/c1-4-5-8(2)9(11)6-7-10-3/h9-11H,2,4-7H2,1,3H3. The van der Waals surface area contributed by atoms with E-state index in [1.807, 2.05) is 7.05 Å². The van der Waals surface area contributed by atoms with Crippen LogP contribution in [-0.2, 0) is 0 Å². The summed E-state index contributed by atoms with van der Waals surface area (Å²) in [6.45, 7) is 6.76. The predicted molar refractivity (Wildman–Crippen MR) is 48.6 cm³/mol. The summed E-state index contributed by atoms with van der Waals surface area (Å²) in [4.78, 5) is 0. The van der Waals surface area contributed by atoms with Crippen molar-refractivity contribution in [3.05, 3.63) is 12.2 Å². The van der Waals surface area contributed by atoms with E-state index in [0.717, 1.165) is 31.4 Å². The van der Waals surface area contributed by atoms with E-state index in [1.165, 1.54) is 0 Å². The van der Waals surface area contributed by atoms with Gasteiger partial charge in [-0.1, -0.05) is 19.9 Å². The lowest BCUT2D eigenvalue weighted by atomic mass is 10.0. The summed E-state index contributed by atoms with van der Waals surface area (Å²) in [5.74, 6) is 0. The van der Waals surface area contributed by atoms with Crippen molar-refractivity contribution in [1.82, 2.24) is 5.32 Å². The van der Waals surface area contributed by atoms with Gasteiger partial charge in [-0.25, -0.2) is 0 Å². The average Bonchev–Trinajstić information content (AvgIpc) is 2.00. The molecule has 0 fully saturated rings. The first-order valence-corrected chi connectivity index (χ1v) is 4.22. The number of aliphatic hydroxyl groups is 1. The summed E-state index contributed by atoms with van der Waals surface area (Å²) in [5, 5.41) is 12.4. The van der Waals surface area contributed by atoms with Gasteiger partial charge < -0.3 is 10.4 Å². The van der Waals surface area contributed by atoms with Crippen molar-refractivity contribution in [2.24, 2.45) is 0 Å². The summed E-state index contributed by atoms with van der Waals surface area (Å²) in [6.07, 6.45) is 2.46. The van der Waals surface area contributed by atoms with E-state index in [0.29, 0.717) is 0 Å². The molecule has 0 aliphatic carbocycles. The van der Waals surface area contributed by atoms with E-state index in [-0.39, 0.29) is 6.10 Å². The van der Waals surface area contributed by atoms with Gasteiger partial charge in [0.15, 0.2) is 0 Å². The molecule has 1 atom stereocenters. The summed E-state index contributed by atoms with van der Waals surface area (Å²) in [6, 6.07) is 0. The number of rotatable bonds is 6. The SMILES string of the molecule is C=C(CCC)C(O)CCNC. The molecule has 0 radical (unpaired) electrons. The molecule has 2 heteroatoms. The molecule has 0 saturated heterocycles. The van der Waals surface area contributed by atoms with Gasteiger partial charge >= 0.3 is 0 Å². The molecule has 11 heavy (non-hydrogen) atoms.